The van der Waals surface area contributed by atoms with E-state index in [4.69, 9.17) is 0 Å². The number of likely N-dealkylation sites (tertiary alicyclic amines) is 1. The average Bonchev–Trinajstić information content (AvgIpc) is 2.71. The third kappa shape index (κ3) is 2.20. The fourth-order valence-corrected chi connectivity index (χ4v) is 2.82. The second kappa shape index (κ2) is 4.98. The number of para-hydroxylation sites is 1. The molecule has 0 spiro atoms. The van der Waals surface area contributed by atoms with Gasteiger partial charge < -0.3 is 10.2 Å². The summed E-state index contributed by atoms with van der Waals surface area (Å²) in [5.74, 6) is -0.397. The number of carboxylic acid groups (broad SMARTS) is 1. The summed E-state index contributed by atoms with van der Waals surface area (Å²) in [4.78, 5) is 13.3. The highest BCUT2D eigenvalue weighted by atomic mass is 16.4. The fraction of sp³-hybridized carbons (Fsp3) is 0.500. The molecule has 1 fully saturated rings. The molecule has 0 aliphatic carbocycles. The highest BCUT2D eigenvalue weighted by molar-refractivity contribution is 5.74. The standard InChI is InChI=1S/C14H19NO3/c1-9-7-8-15(13(9)14(17)18)10(2)11-5-3-4-6-12(11)16/h3-6,9-10,13,16H,7-8H2,1-2H3,(H,17,18). The number of hydrogen-bond donors (Lipinski definition) is 2. The quantitative estimate of drug-likeness (QED) is 0.862. The largest absolute Gasteiger partial charge is 0.508 e. The number of aliphatic carboxylic acids is 1. The van der Waals surface area contributed by atoms with Crippen LogP contribution in [0.4, 0.5) is 0 Å². The van der Waals surface area contributed by atoms with Crippen molar-refractivity contribution in [2.24, 2.45) is 5.92 Å². The van der Waals surface area contributed by atoms with Crippen molar-refractivity contribution < 1.29 is 15.0 Å². The number of benzene rings is 1. The molecule has 4 heteroatoms. The predicted molar refractivity (Wildman–Crippen MR) is 68.4 cm³/mol. The molecule has 4 nitrogen and oxygen atoms in total. The monoisotopic (exact) mass is 249 g/mol. The number of carboxylic acids is 1. The van der Waals surface area contributed by atoms with Gasteiger partial charge in [0.05, 0.1) is 0 Å². The van der Waals surface area contributed by atoms with Crippen molar-refractivity contribution in [3.63, 3.8) is 0 Å². The summed E-state index contributed by atoms with van der Waals surface area (Å²) < 4.78 is 0. The van der Waals surface area contributed by atoms with E-state index in [1.165, 1.54) is 0 Å². The van der Waals surface area contributed by atoms with E-state index in [9.17, 15) is 15.0 Å². The minimum absolute atomic E-state index is 0.0859. The summed E-state index contributed by atoms with van der Waals surface area (Å²) in [5, 5.41) is 19.2. The summed E-state index contributed by atoms with van der Waals surface area (Å²) in [6, 6.07) is 6.58. The van der Waals surface area contributed by atoms with Crippen LogP contribution in [0.15, 0.2) is 24.3 Å². The van der Waals surface area contributed by atoms with Gasteiger partial charge in [-0.2, -0.15) is 0 Å². The maximum atomic E-state index is 11.3. The number of carbonyl (C=O) groups is 1. The van der Waals surface area contributed by atoms with E-state index in [0.717, 1.165) is 18.5 Å². The molecule has 3 atom stereocenters. The van der Waals surface area contributed by atoms with Gasteiger partial charge in [-0.1, -0.05) is 25.1 Å². The van der Waals surface area contributed by atoms with Gasteiger partial charge in [-0.25, -0.2) is 0 Å². The molecule has 18 heavy (non-hydrogen) atoms. The van der Waals surface area contributed by atoms with Crippen LogP contribution in [-0.4, -0.2) is 33.7 Å². The molecule has 0 bridgehead atoms. The minimum atomic E-state index is -0.776. The van der Waals surface area contributed by atoms with Crippen LogP contribution in [0, 0.1) is 5.92 Å². The second-order valence-corrected chi connectivity index (χ2v) is 5.02. The van der Waals surface area contributed by atoms with Crippen LogP contribution in [-0.2, 0) is 4.79 Å². The zero-order valence-electron chi connectivity index (χ0n) is 10.7. The number of hydrogen-bond acceptors (Lipinski definition) is 3. The molecule has 0 radical (unpaired) electrons. The summed E-state index contributed by atoms with van der Waals surface area (Å²) in [5.41, 5.74) is 0.790. The van der Waals surface area contributed by atoms with E-state index in [-0.39, 0.29) is 17.7 Å². The lowest BCUT2D eigenvalue weighted by molar-refractivity contribution is -0.144. The van der Waals surface area contributed by atoms with Gasteiger partial charge >= 0.3 is 5.97 Å². The summed E-state index contributed by atoms with van der Waals surface area (Å²) in [7, 11) is 0. The number of nitrogens with zero attached hydrogens (tertiary/aromatic N) is 1. The average molecular weight is 249 g/mol. The lowest BCUT2D eigenvalue weighted by Gasteiger charge is -2.30. The van der Waals surface area contributed by atoms with Gasteiger partial charge in [-0.15, -0.1) is 0 Å². The Hall–Kier alpha value is -1.55. The van der Waals surface area contributed by atoms with Gasteiger partial charge in [0.15, 0.2) is 0 Å². The first kappa shape index (κ1) is 12.9. The Labute approximate surface area is 107 Å². The first-order valence-corrected chi connectivity index (χ1v) is 6.28. The molecule has 1 aliphatic rings. The smallest absolute Gasteiger partial charge is 0.321 e. The fourth-order valence-electron chi connectivity index (χ4n) is 2.82. The summed E-state index contributed by atoms with van der Waals surface area (Å²) >= 11 is 0. The second-order valence-electron chi connectivity index (χ2n) is 5.02. The van der Waals surface area contributed by atoms with Crippen LogP contribution in [0.1, 0.15) is 31.9 Å². The van der Waals surface area contributed by atoms with E-state index in [1.54, 1.807) is 12.1 Å². The van der Waals surface area contributed by atoms with Gasteiger partial charge in [0.25, 0.3) is 0 Å². The normalized spacial score (nSPS) is 26.1. The first-order chi connectivity index (χ1) is 8.52. The third-order valence-corrected chi connectivity index (χ3v) is 3.88. The van der Waals surface area contributed by atoms with Gasteiger partial charge in [0.1, 0.15) is 11.8 Å². The molecule has 3 unspecified atom stereocenters. The zero-order valence-corrected chi connectivity index (χ0v) is 10.7. The molecule has 2 N–H and O–H groups in total. The van der Waals surface area contributed by atoms with Gasteiger partial charge in [0, 0.05) is 11.6 Å². The lowest BCUT2D eigenvalue weighted by atomic mass is 10.0. The summed E-state index contributed by atoms with van der Waals surface area (Å²) in [6.45, 7) is 4.67. The number of phenols is 1. The van der Waals surface area contributed by atoms with Crippen molar-refractivity contribution in [2.45, 2.75) is 32.4 Å². The number of aromatic hydroxyl groups is 1. The molecule has 98 valence electrons. The highest BCUT2D eigenvalue weighted by Crippen LogP contribution is 2.35. The lowest BCUT2D eigenvalue weighted by Crippen LogP contribution is -2.40. The van der Waals surface area contributed by atoms with E-state index < -0.39 is 12.0 Å². The zero-order chi connectivity index (χ0) is 13.3. The van der Waals surface area contributed by atoms with Gasteiger partial charge in [0.2, 0.25) is 0 Å². The van der Waals surface area contributed by atoms with Crippen molar-refractivity contribution >= 4 is 5.97 Å². The molecule has 1 aromatic carbocycles. The highest BCUT2D eigenvalue weighted by Gasteiger charge is 2.39. The Balaban J connectivity index is 2.26. The SMILES string of the molecule is CC1CCN(C(C)c2ccccc2O)C1C(=O)O. The van der Waals surface area contributed by atoms with Crippen molar-refractivity contribution in [3.05, 3.63) is 29.8 Å². The van der Waals surface area contributed by atoms with Crippen molar-refractivity contribution in [1.82, 2.24) is 4.90 Å². The third-order valence-electron chi connectivity index (χ3n) is 3.88. The number of phenolic OH excluding ortho intramolecular Hbond substituents is 1. The van der Waals surface area contributed by atoms with Crippen LogP contribution in [0.2, 0.25) is 0 Å². The Bertz CT molecular complexity index is 446. The van der Waals surface area contributed by atoms with Crippen LogP contribution >= 0.6 is 0 Å². The molecule has 2 rings (SSSR count). The summed E-state index contributed by atoms with van der Waals surface area (Å²) in [6.07, 6.45) is 0.884. The van der Waals surface area contributed by atoms with Crippen LogP contribution in [0.25, 0.3) is 0 Å². The molecule has 0 aromatic heterocycles. The van der Waals surface area contributed by atoms with E-state index >= 15 is 0 Å². The first-order valence-electron chi connectivity index (χ1n) is 6.28. The van der Waals surface area contributed by atoms with E-state index in [1.807, 2.05) is 30.9 Å². The van der Waals surface area contributed by atoms with Gasteiger partial charge in [-0.3, -0.25) is 9.69 Å². The van der Waals surface area contributed by atoms with Crippen LogP contribution in [0.5, 0.6) is 5.75 Å². The van der Waals surface area contributed by atoms with Crippen LogP contribution < -0.4 is 0 Å². The molecule has 1 heterocycles. The number of rotatable bonds is 3. The molecular weight excluding hydrogens is 230 g/mol. The van der Waals surface area contributed by atoms with E-state index in [0.29, 0.717) is 0 Å². The van der Waals surface area contributed by atoms with E-state index in [2.05, 4.69) is 0 Å². The Morgan fingerprint density at radius 1 is 1.44 bits per heavy atom. The molecule has 1 saturated heterocycles. The van der Waals surface area contributed by atoms with Crippen molar-refractivity contribution in [3.8, 4) is 5.75 Å². The molecule has 0 saturated carbocycles. The molecule has 1 aromatic rings. The topological polar surface area (TPSA) is 60.8 Å². The Kier molecular flexibility index (Phi) is 3.57. The minimum Gasteiger partial charge on any atom is -0.508 e. The van der Waals surface area contributed by atoms with Gasteiger partial charge in [-0.05, 0) is 31.9 Å². The van der Waals surface area contributed by atoms with Crippen molar-refractivity contribution in [2.75, 3.05) is 6.54 Å². The Morgan fingerprint density at radius 2 is 2.11 bits per heavy atom. The van der Waals surface area contributed by atoms with Crippen LogP contribution in [0.3, 0.4) is 0 Å². The molecule has 1 aliphatic heterocycles. The Morgan fingerprint density at radius 3 is 2.72 bits per heavy atom. The molecule has 0 amide bonds. The predicted octanol–water partition coefficient (Wildman–Crippen LogP) is 2.25. The molecular formula is C14H19NO3. The maximum Gasteiger partial charge on any atom is 0.321 e. The maximum absolute atomic E-state index is 11.3. The van der Waals surface area contributed by atoms with Crippen molar-refractivity contribution in [1.29, 1.82) is 0 Å².